The van der Waals surface area contributed by atoms with Crippen molar-refractivity contribution in [1.29, 1.82) is 5.26 Å². The van der Waals surface area contributed by atoms with Gasteiger partial charge in [-0.2, -0.15) is 15.0 Å². The largest absolute Gasteiger partial charge is 0.493 e. The molecule has 1 saturated carbocycles. The lowest BCUT2D eigenvalue weighted by molar-refractivity contribution is -0.118. The van der Waals surface area contributed by atoms with Gasteiger partial charge in [0.05, 0.1) is 23.4 Å². The first-order chi connectivity index (χ1) is 14.4. The van der Waals surface area contributed by atoms with E-state index in [1.165, 1.54) is 17.1 Å². The van der Waals surface area contributed by atoms with Gasteiger partial charge in [0.1, 0.15) is 5.84 Å². The van der Waals surface area contributed by atoms with Crippen molar-refractivity contribution >= 4 is 11.7 Å². The SMILES string of the molecule is COCCC1(NC(=O)/C(C)=C/N=C(\C)n2ncc(-c3ccc(C#N)cc3)c2O)CC1. The van der Waals surface area contributed by atoms with Crippen LogP contribution in [-0.4, -0.2) is 45.9 Å². The van der Waals surface area contributed by atoms with E-state index in [-0.39, 0.29) is 17.3 Å². The number of amides is 1. The number of benzene rings is 1. The number of carbonyl (C=O) groups excluding carboxylic acids is 1. The maximum absolute atomic E-state index is 12.4. The number of nitriles is 1. The molecule has 1 aromatic carbocycles. The first-order valence-electron chi connectivity index (χ1n) is 9.69. The second-order valence-corrected chi connectivity index (χ2v) is 7.45. The molecule has 8 nitrogen and oxygen atoms in total. The van der Waals surface area contributed by atoms with Gasteiger partial charge in [-0.1, -0.05) is 12.1 Å². The summed E-state index contributed by atoms with van der Waals surface area (Å²) in [5, 5.41) is 26.7. The van der Waals surface area contributed by atoms with E-state index < -0.39 is 0 Å². The van der Waals surface area contributed by atoms with Crippen LogP contribution in [-0.2, 0) is 9.53 Å². The Bertz CT molecular complexity index is 1020. The summed E-state index contributed by atoms with van der Waals surface area (Å²) < 4.78 is 6.41. The van der Waals surface area contributed by atoms with Crippen LogP contribution in [0.4, 0.5) is 0 Å². The summed E-state index contributed by atoms with van der Waals surface area (Å²) in [6.07, 6.45) is 5.71. The summed E-state index contributed by atoms with van der Waals surface area (Å²) in [5.74, 6) is 0.191. The Morgan fingerprint density at radius 3 is 2.70 bits per heavy atom. The third-order valence-electron chi connectivity index (χ3n) is 5.20. The van der Waals surface area contributed by atoms with Crippen LogP contribution < -0.4 is 5.32 Å². The van der Waals surface area contributed by atoms with Crippen molar-refractivity contribution in [2.24, 2.45) is 4.99 Å². The van der Waals surface area contributed by atoms with E-state index in [0.29, 0.717) is 29.1 Å². The Morgan fingerprint density at radius 2 is 2.10 bits per heavy atom. The van der Waals surface area contributed by atoms with Gasteiger partial charge >= 0.3 is 0 Å². The van der Waals surface area contributed by atoms with Crippen molar-refractivity contribution in [1.82, 2.24) is 15.1 Å². The van der Waals surface area contributed by atoms with Gasteiger partial charge in [0, 0.05) is 31.0 Å². The molecule has 1 fully saturated rings. The fraction of sp³-hybridized carbons (Fsp3) is 0.364. The number of rotatable bonds is 7. The van der Waals surface area contributed by atoms with Crippen molar-refractivity contribution in [3.05, 3.63) is 47.8 Å². The molecule has 0 atom stereocenters. The molecular formula is C22H25N5O3. The summed E-state index contributed by atoms with van der Waals surface area (Å²) in [4.78, 5) is 16.7. The van der Waals surface area contributed by atoms with Crippen LogP contribution in [0.3, 0.4) is 0 Å². The van der Waals surface area contributed by atoms with E-state index in [2.05, 4.69) is 21.5 Å². The van der Waals surface area contributed by atoms with Gasteiger partial charge in [0.2, 0.25) is 11.8 Å². The number of aromatic nitrogens is 2. The normalized spacial score (nSPS) is 15.5. The second kappa shape index (κ2) is 8.93. The monoisotopic (exact) mass is 407 g/mol. The number of methoxy groups -OCH3 is 1. The smallest absolute Gasteiger partial charge is 0.248 e. The predicted molar refractivity (Wildman–Crippen MR) is 113 cm³/mol. The molecule has 0 radical (unpaired) electrons. The minimum absolute atomic E-state index is 0.0621. The molecular weight excluding hydrogens is 382 g/mol. The highest BCUT2D eigenvalue weighted by atomic mass is 16.5. The van der Waals surface area contributed by atoms with Crippen LogP contribution >= 0.6 is 0 Å². The Morgan fingerprint density at radius 1 is 1.40 bits per heavy atom. The average molecular weight is 407 g/mol. The minimum atomic E-state index is -0.164. The molecule has 1 amide bonds. The molecule has 1 heterocycles. The van der Waals surface area contributed by atoms with Gasteiger partial charge in [-0.05, 0) is 50.8 Å². The van der Waals surface area contributed by atoms with Crippen LogP contribution in [0.5, 0.6) is 5.88 Å². The molecule has 0 bridgehead atoms. The van der Waals surface area contributed by atoms with Gasteiger partial charge in [0.25, 0.3) is 0 Å². The van der Waals surface area contributed by atoms with Crippen molar-refractivity contribution in [3.8, 4) is 23.1 Å². The lowest BCUT2D eigenvalue weighted by Crippen LogP contribution is -2.38. The molecule has 1 aliphatic carbocycles. The molecule has 2 aromatic rings. The molecule has 0 aliphatic heterocycles. The summed E-state index contributed by atoms with van der Waals surface area (Å²) in [6, 6.07) is 8.91. The molecule has 0 spiro atoms. The Kier molecular flexibility index (Phi) is 6.33. The number of aromatic hydroxyl groups is 1. The number of hydrogen-bond acceptors (Lipinski definition) is 6. The molecule has 1 aromatic heterocycles. The van der Waals surface area contributed by atoms with Gasteiger partial charge in [-0.15, -0.1) is 0 Å². The lowest BCUT2D eigenvalue weighted by Gasteiger charge is -2.16. The van der Waals surface area contributed by atoms with Crippen molar-refractivity contribution < 1.29 is 14.6 Å². The van der Waals surface area contributed by atoms with Gasteiger partial charge in [0.15, 0.2) is 0 Å². The highest BCUT2D eigenvalue weighted by molar-refractivity contribution is 5.94. The van der Waals surface area contributed by atoms with E-state index in [0.717, 1.165) is 24.8 Å². The van der Waals surface area contributed by atoms with E-state index in [4.69, 9.17) is 10.00 Å². The van der Waals surface area contributed by atoms with Crippen molar-refractivity contribution in [2.45, 2.75) is 38.6 Å². The Hall–Kier alpha value is -3.44. The third-order valence-corrected chi connectivity index (χ3v) is 5.20. The highest BCUT2D eigenvalue weighted by Gasteiger charge is 2.43. The zero-order valence-electron chi connectivity index (χ0n) is 17.3. The zero-order valence-corrected chi connectivity index (χ0v) is 17.3. The predicted octanol–water partition coefficient (Wildman–Crippen LogP) is 2.98. The number of nitrogens with zero attached hydrogens (tertiary/aromatic N) is 4. The minimum Gasteiger partial charge on any atom is -0.493 e. The zero-order chi connectivity index (χ0) is 21.7. The molecule has 0 saturated heterocycles. The molecule has 2 N–H and O–H groups in total. The molecule has 0 unspecified atom stereocenters. The van der Waals surface area contributed by atoms with Crippen LogP contribution in [0.15, 0.2) is 47.2 Å². The summed E-state index contributed by atoms with van der Waals surface area (Å²) >= 11 is 0. The van der Waals surface area contributed by atoms with E-state index in [1.807, 2.05) is 0 Å². The topological polar surface area (TPSA) is 113 Å². The van der Waals surface area contributed by atoms with Crippen LogP contribution in [0.1, 0.15) is 38.7 Å². The Labute approximate surface area is 175 Å². The summed E-state index contributed by atoms with van der Waals surface area (Å²) in [5.41, 5.74) is 2.12. The van der Waals surface area contributed by atoms with Crippen molar-refractivity contribution in [2.75, 3.05) is 13.7 Å². The fourth-order valence-corrected chi connectivity index (χ4v) is 3.04. The number of nitrogens with one attached hydrogen (secondary N) is 1. The fourth-order valence-electron chi connectivity index (χ4n) is 3.04. The standard InChI is InChI=1S/C22H25N5O3/c1-15(20(28)26-22(8-9-22)10-11-30-3)13-24-16(2)27-21(29)19(14-25-27)18-6-4-17(12-23)5-7-18/h4-7,13-14,29H,8-11H2,1-3H3,(H,26,28)/b15-13+,24-16+. The van der Waals surface area contributed by atoms with Crippen molar-refractivity contribution in [3.63, 3.8) is 0 Å². The second-order valence-electron chi connectivity index (χ2n) is 7.45. The molecule has 30 heavy (non-hydrogen) atoms. The van der Waals surface area contributed by atoms with Gasteiger partial charge in [-0.25, -0.2) is 4.99 Å². The maximum Gasteiger partial charge on any atom is 0.248 e. The lowest BCUT2D eigenvalue weighted by atomic mass is 10.1. The molecule has 8 heteroatoms. The summed E-state index contributed by atoms with van der Waals surface area (Å²) in [6.45, 7) is 4.00. The van der Waals surface area contributed by atoms with Crippen LogP contribution in [0.2, 0.25) is 0 Å². The van der Waals surface area contributed by atoms with Crippen LogP contribution in [0.25, 0.3) is 11.1 Å². The number of carbonyl (C=O) groups is 1. The van der Waals surface area contributed by atoms with E-state index in [9.17, 15) is 9.90 Å². The summed E-state index contributed by atoms with van der Waals surface area (Å²) in [7, 11) is 1.65. The first kappa shape index (κ1) is 21.3. The molecule has 1 aliphatic rings. The van der Waals surface area contributed by atoms with E-state index >= 15 is 0 Å². The first-order valence-corrected chi connectivity index (χ1v) is 9.69. The van der Waals surface area contributed by atoms with Gasteiger partial charge in [-0.3, -0.25) is 4.79 Å². The van der Waals surface area contributed by atoms with Crippen LogP contribution in [0, 0.1) is 11.3 Å². The van der Waals surface area contributed by atoms with Gasteiger partial charge < -0.3 is 15.2 Å². The van der Waals surface area contributed by atoms with E-state index in [1.54, 1.807) is 45.2 Å². The number of ether oxygens (including phenoxy) is 1. The number of aliphatic imine (C=N–C) groups is 1. The Balaban J connectivity index is 1.71. The number of hydrogen-bond donors (Lipinski definition) is 2. The maximum atomic E-state index is 12.4. The third kappa shape index (κ3) is 4.75. The highest BCUT2D eigenvalue weighted by Crippen LogP contribution is 2.38. The average Bonchev–Trinajstić information content (AvgIpc) is 3.41. The molecule has 156 valence electrons. The quantitative estimate of drug-likeness (QED) is 0.416. The molecule has 3 rings (SSSR count).